The zero-order valence-corrected chi connectivity index (χ0v) is 12.3. The summed E-state index contributed by atoms with van der Waals surface area (Å²) in [5, 5.41) is 13.0. The average Bonchev–Trinajstić information content (AvgIpc) is 2.91. The number of carbonyl (C=O) groups excluding carboxylic acids is 1. The van der Waals surface area contributed by atoms with Crippen molar-refractivity contribution in [1.29, 1.82) is 0 Å². The first-order valence-electron chi connectivity index (χ1n) is 7.60. The molecule has 0 bridgehead atoms. The van der Waals surface area contributed by atoms with Crippen LogP contribution >= 0.6 is 0 Å². The van der Waals surface area contributed by atoms with Crippen molar-refractivity contribution >= 4 is 5.91 Å². The Kier molecular flexibility index (Phi) is 6.50. The Hall–Kier alpha value is -1.59. The maximum absolute atomic E-state index is 11.4. The molecule has 5 nitrogen and oxygen atoms in total. The van der Waals surface area contributed by atoms with Crippen molar-refractivity contribution in [2.45, 2.75) is 25.4 Å². The molecule has 2 rings (SSSR count). The van der Waals surface area contributed by atoms with Crippen LogP contribution in [0.1, 0.15) is 19.3 Å². The Labute approximate surface area is 125 Å². The third-order valence-electron chi connectivity index (χ3n) is 3.52. The number of aliphatic hydroxyl groups excluding tert-OH is 1. The lowest BCUT2D eigenvalue weighted by Gasteiger charge is -2.16. The Bertz CT molecular complexity index is 425. The SMILES string of the molecule is O=C1CCCN1CCCNC[C@H](O)COc1ccccc1. The number of ether oxygens (including phenoxy) is 1. The van der Waals surface area contributed by atoms with Gasteiger partial charge in [0.25, 0.3) is 0 Å². The van der Waals surface area contributed by atoms with Crippen molar-refractivity contribution in [2.24, 2.45) is 0 Å². The van der Waals surface area contributed by atoms with Gasteiger partial charge in [0, 0.05) is 26.1 Å². The third-order valence-corrected chi connectivity index (χ3v) is 3.52. The number of benzene rings is 1. The van der Waals surface area contributed by atoms with Crippen LogP contribution in [0.3, 0.4) is 0 Å². The lowest BCUT2D eigenvalue weighted by atomic mass is 10.3. The summed E-state index contributed by atoms with van der Waals surface area (Å²) in [6, 6.07) is 9.47. The van der Waals surface area contributed by atoms with Crippen LogP contribution in [0.5, 0.6) is 5.75 Å². The number of hydrogen-bond acceptors (Lipinski definition) is 4. The molecule has 1 heterocycles. The molecule has 0 aliphatic carbocycles. The molecule has 1 fully saturated rings. The van der Waals surface area contributed by atoms with Crippen LogP contribution in [0.15, 0.2) is 30.3 Å². The Balaban J connectivity index is 1.49. The molecule has 1 atom stereocenters. The molecule has 1 aromatic rings. The number of amides is 1. The molecular weight excluding hydrogens is 268 g/mol. The van der Waals surface area contributed by atoms with E-state index >= 15 is 0 Å². The van der Waals surface area contributed by atoms with E-state index in [0.29, 0.717) is 13.0 Å². The van der Waals surface area contributed by atoms with E-state index in [1.165, 1.54) is 0 Å². The van der Waals surface area contributed by atoms with Crippen molar-refractivity contribution in [2.75, 3.05) is 32.8 Å². The summed E-state index contributed by atoms with van der Waals surface area (Å²) in [4.78, 5) is 13.3. The largest absolute Gasteiger partial charge is 0.491 e. The number of nitrogens with zero attached hydrogens (tertiary/aromatic N) is 1. The van der Waals surface area contributed by atoms with Gasteiger partial charge in [0.1, 0.15) is 18.5 Å². The highest BCUT2D eigenvalue weighted by Crippen LogP contribution is 2.09. The van der Waals surface area contributed by atoms with E-state index in [1.54, 1.807) is 0 Å². The van der Waals surface area contributed by atoms with Gasteiger partial charge in [-0.15, -0.1) is 0 Å². The highest BCUT2D eigenvalue weighted by Gasteiger charge is 2.18. The van der Waals surface area contributed by atoms with Crippen molar-refractivity contribution in [3.05, 3.63) is 30.3 Å². The van der Waals surface area contributed by atoms with Gasteiger partial charge in [-0.1, -0.05) is 18.2 Å². The smallest absolute Gasteiger partial charge is 0.222 e. The van der Waals surface area contributed by atoms with E-state index in [4.69, 9.17) is 4.74 Å². The quantitative estimate of drug-likeness (QED) is 0.667. The average molecular weight is 292 g/mol. The van der Waals surface area contributed by atoms with Crippen LogP contribution in [-0.2, 0) is 4.79 Å². The fourth-order valence-electron chi connectivity index (χ4n) is 2.37. The molecule has 1 aliphatic heterocycles. The van der Waals surface area contributed by atoms with E-state index in [0.717, 1.165) is 38.2 Å². The van der Waals surface area contributed by atoms with Gasteiger partial charge >= 0.3 is 0 Å². The van der Waals surface area contributed by atoms with E-state index in [2.05, 4.69) is 5.32 Å². The van der Waals surface area contributed by atoms with Gasteiger partial charge in [0.15, 0.2) is 0 Å². The zero-order valence-electron chi connectivity index (χ0n) is 12.3. The summed E-state index contributed by atoms with van der Waals surface area (Å²) >= 11 is 0. The summed E-state index contributed by atoms with van der Waals surface area (Å²) in [6.07, 6.45) is 2.07. The number of carbonyl (C=O) groups is 1. The summed E-state index contributed by atoms with van der Waals surface area (Å²) < 4.78 is 5.48. The number of hydrogen-bond donors (Lipinski definition) is 2. The molecule has 1 aliphatic rings. The molecule has 21 heavy (non-hydrogen) atoms. The molecule has 0 unspecified atom stereocenters. The summed E-state index contributed by atoms with van der Waals surface area (Å²) in [5.41, 5.74) is 0. The van der Waals surface area contributed by atoms with Crippen LogP contribution in [0, 0.1) is 0 Å². The van der Waals surface area contributed by atoms with Gasteiger partial charge in [-0.25, -0.2) is 0 Å². The van der Waals surface area contributed by atoms with Crippen molar-refractivity contribution in [3.8, 4) is 5.75 Å². The number of aliphatic hydroxyl groups is 1. The fraction of sp³-hybridized carbons (Fsp3) is 0.562. The summed E-state index contributed by atoms with van der Waals surface area (Å²) in [5.74, 6) is 1.04. The third kappa shape index (κ3) is 5.73. The number of nitrogens with one attached hydrogen (secondary N) is 1. The van der Waals surface area contributed by atoms with Gasteiger partial charge in [-0.3, -0.25) is 4.79 Å². The molecule has 0 radical (unpaired) electrons. The second kappa shape index (κ2) is 8.64. The number of para-hydroxylation sites is 1. The topological polar surface area (TPSA) is 61.8 Å². The lowest BCUT2D eigenvalue weighted by molar-refractivity contribution is -0.127. The Morgan fingerprint density at radius 3 is 2.86 bits per heavy atom. The predicted octanol–water partition coefficient (Wildman–Crippen LogP) is 1.03. The maximum atomic E-state index is 11.4. The molecule has 116 valence electrons. The molecule has 1 amide bonds. The molecule has 5 heteroatoms. The molecule has 1 aromatic carbocycles. The van der Waals surface area contributed by atoms with E-state index in [-0.39, 0.29) is 12.5 Å². The minimum absolute atomic E-state index is 0.270. The normalized spacial score (nSPS) is 16.2. The first kappa shape index (κ1) is 15.8. The highest BCUT2D eigenvalue weighted by atomic mass is 16.5. The zero-order chi connectivity index (χ0) is 14.9. The first-order chi connectivity index (χ1) is 10.3. The van der Waals surface area contributed by atoms with Crippen LogP contribution in [-0.4, -0.2) is 54.8 Å². The molecule has 1 saturated heterocycles. The number of likely N-dealkylation sites (tertiary alicyclic amines) is 1. The van der Waals surface area contributed by atoms with Crippen molar-refractivity contribution in [3.63, 3.8) is 0 Å². The highest BCUT2D eigenvalue weighted by molar-refractivity contribution is 5.77. The molecule has 0 saturated carbocycles. The fourth-order valence-corrected chi connectivity index (χ4v) is 2.37. The van der Waals surface area contributed by atoms with E-state index < -0.39 is 6.10 Å². The first-order valence-corrected chi connectivity index (χ1v) is 7.60. The van der Waals surface area contributed by atoms with Gasteiger partial charge in [0.05, 0.1) is 0 Å². The second-order valence-corrected chi connectivity index (χ2v) is 5.32. The van der Waals surface area contributed by atoms with Crippen molar-refractivity contribution < 1.29 is 14.6 Å². The Morgan fingerprint density at radius 2 is 2.14 bits per heavy atom. The Morgan fingerprint density at radius 1 is 1.33 bits per heavy atom. The predicted molar refractivity (Wildman–Crippen MR) is 81.2 cm³/mol. The molecule has 0 spiro atoms. The van der Waals surface area contributed by atoms with Gasteiger partial charge < -0.3 is 20.1 Å². The van der Waals surface area contributed by atoms with Crippen molar-refractivity contribution in [1.82, 2.24) is 10.2 Å². The monoisotopic (exact) mass is 292 g/mol. The standard InChI is InChI=1S/C16H24N2O3/c19-14(13-21-15-6-2-1-3-7-15)12-17-9-5-11-18-10-4-8-16(18)20/h1-3,6-7,14,17,19H,4-5,8-13H2/t14-/m0/s1. The molecule has 0 aromatic heterocycles. The maximum Gasteiger partial charge on any atom is 0.222 e. The number of rotatable bonds is 9. The molecule has 2 N–H and O–H groups in total. The lowest BCUT2D eigenvalue weighted by Crippen LogP contribution is -2.34. The minimum atomic E-state index is -0.529. The van der Waals surface area contributed by atoms with Crippen LogP contribution in [0.4, 0.5) is 0 Å². The van der Waals surface area contributed by atoms with E-state index in [1.807, 2.05) is 35.2 Å². The summed E-state index contributed by atoms with van der Waals surface area (Å²) in [6.45, 7) is 3.28. The van der Waals surface area contributed by atoms with Gasteiger partial charge in [0.2, 0.25) is 5.91 Å². The van der Waals surface area contributed by atoms with Crippen LogP contribution in [0.2, 0.25) is 0 Å². The second-order valence-electron chi connectivity index (χ2n) is 5.32. The minimum Gasteiger partial charge on any atom is -0.491 e. The van der Waals surface area contributed by atoms with Crippen LogP contribution in [0.25, 0.3) is 0 Å². The summed E-state index contributed by atoms with van der Waals surface area (Å²) in [7, 11) is 0. The van der Waals surface area contributed by atoms with Gasteiger partial charge in [-0.05, 0) is 31.5 Å². The van der Waals surface area contributed by atoms with Crippen LogP contribution < -0.4 is 10.1 Å². The molecular formula is C16H24N2O3. The van der Waals surface area contributed by atoms with E-state index in [9.17, 15) is 9.90 Å². The van der Waals surface area contributed by atoms with Gasteiger partial charge in [-0.2, -0.15) is 0 Å².